The predicted octanol–water partition coefficient (Wildman–Crippen LogP) is 0.947. The lowest BCUT2D eigenvalue weighted by atomic mass is 10.2. The zero-order valence-electron chi connectivity index (χ0n) is 11.0. The summed E-state index contributed by atoms with van der Waals surface area (Å²) in [6.07, 6.45) is 2.82. The molecule has 1 aliphatic rings. The van der Waals surface area contributed by atoms with E-state index in [1.807, 2.05) is 6.92 Å². The Balaban J connectivity index is 1.96. The average Bonchev–Trinajstić information content (AvgIpc) is 2.85. The molecule has 2 atom stereocenters. The van der Waals surface area contributed by atoms with Crippen molar-refractivity contribution in [2.75, 3.05) is 12.4 Å². The first kappa shape index (κ1) is 13.5. The van der Waals surface area contributed by atoms with E-state index in [0.29, 0.717) is 11.4 Å². The molecule has 1 unspecified atom stereocenters. The van der Waals surface area contributed by atoms with Gasteiger partial charge in [-0.15, -0.1) is 0 Å². The van der Waals surface area contributed by atoms with Crippen molar-refractivity contribution in [1.29, 1.82) is 0 Å². The van der Waals surface area contributed by atoms with Crippen molar-refractivity contribution in [3.63, 3.8) is 0 Å². The molecular weight excluding hydrogens is 246 g/mol. The molecule has 2 amide bonds. The Morgan fingerprint density at radius 3 is 2.68 bits per heavy atom. The second-order valence-electron chi connectivity index (χ2n) is 4.51. The number of rotatable bonds is 3. The van der Waals surface area contributed by atoms with Crippen molar-refractivity contribution >= 4 is 17.5 Å². The summed E-state index contributed by atoms with van der Waals surface area (Å²) in [5.74, 6) is -0.426. The predicted molar refractivity (Wildman–Crippen MR) is 69.8 cm³/mol. The Bertz CT molecular complexity index is 473. The number of ether oxygens (including phenoxy) is 1. The van der Waals surface area contributed by atoms with Crippen LogP contribution in [0.25, 0.3) is 0 Å². The van der Waals surface area contributed by atoms with Crippen LogP contribution in [0.2, 0.25) is 0 Å². The smallest absolute Gasteiger partial charge is 0.269 e. The normalized spacial score (nSPS) is 22.0. The molecule has 0 saturated carbocycles. The number of amides is 2. The Labute approximate surface area is 111 Å². The second-order valence-corrected chi connectivity index (χ2v) is 4.51. The number of anilines is 1. The van der Waals surface area contributed by atoms with Crippen LogP contribution in [0.3, 0.4) is 0 Å². The number of aromatic nitrogens is 1. The van der Waals surface area contributed by atoms with Gasteiger partial charge in [0.1, 0.15) is 11.8 Å². The van der Waals surface area contributed by atoms with Gasteiger partial charge in [0.15, 0.2) is 0 Å². The fourth-order valence-electron chi connectivity index (χ4n) is 1.95. The highest BCUT2D eigenvalue weighted by molar-refractivity contribution is 5.95. The van der Waals surface area contributed by atoms with Gasteiger partial charge in [0, 0.05) is 7.05 Å². The lowest BCUT2D eigenvalue weighted by Gasteiger charge is -2.11. The molecule has 0 radical (unpaired) electrons. The van der Waals surface area contributed by atoms with Gasteiger partial charge in [-0.2, -0.15) is 0 Å². The Hall–Kier alpha value is -1.95. The fourth-order valence-corrected chi connectivity index (χ4v) is 1.95. The third-order valence-electron chi connectivity index (χ3n) is 3.02. The lowest BCUT2D eigenvalue weighted by molar-refractivity contribution is -0.126. The van der Waals surface area contributed by atoms with E-state index in [1.54, 1.807) is 12.1 Å². The third-order valence-corrected chi connectivity index (χ3v) is 3.02. The molecule has 6 heteroatoms. The first-order valence-electron chi connectivity index (χ1n) is 6.24. The molecule has 1 fully saturated rings. The highest BCUT2D eigenvalue weighted by atomic mass is 16.5. The number of pyridine rings is 1. The number of hydrogen-bond acceptors (Lipinski definition) is 4. The SMILES string of the molecule is CNC(=O)c1ccc(NC(=O)[C@H]2CCC(C)O2)cn1. The Morgan fingerprint density at radius 2 is 2.16 bits per heavy atom. The van der Waals surface area contributed by atoms with Crippen LogP contribution in [-0.2, 0) is 9.53 Å². The van der Waals surface area contributed by atoms with E-state index in [9.17, 15) is 9.59 Å². The minimum Gasteiger partial charge on any atom is -0.365 e. The van der Waals surface area contributed by atoms with Crippen LogP contribution in [-0.4, -0.2) is 36.1 Å². The average molecular weight is 263 g/mol. The van der Waals surface area contributed by atoms with E-state index in [0.717, 1.165) is 12.8 Å². The maximum Gasteiger partial charge on any atom is 0.269 e. The summed E-state index contributed by atoms with van der Waals surface area (Å²) >= 11 is 0. The van der Waals surface area contributed by atoms with Gasteiger partial charge in [0.2, 0.25) is 0 Å². The minimum absolute atomic E-state index is 0.129. The molecule has 0 spiro atoms. The maximum absolute atomic E-state index is 11.9. The topological polar surface area (TPSA) is 80.3 Å². The number of nitrogens with one attached hydrogen (secondary N) is 2. The van der Waals surface area contributed by atoms with Crippen molar-refractivity contribution in [2.45, 2.75) is 32.0 Å². The van der Waals surface area contributed by atoms with Gasteiger partial charge in [-0.3, -0.25) is 9.59 Å². The van der Waals surface area contributed by atoms with Gasteiger partial charge in [-0.05, 0) is 31.9 Å². The number of nitrogens with zero attached hydrogens (tertiary/aromatic N) is 1. The molecular formula is C13H17N3O3. The van der Waals surface area contributed by atoms with Gasteiger partial charge in [-0.1, -0.05) is 0 Å². The van der Waals surface area contributed by atoms with Crippen LogP contribution < -0.4 is 10.6 Å². The molecule has 2 heterocycles. The van der Waals surface area contributed by atoms with Crippen molar-refractivity contribution in [3.05, 3.63) is 24.0 Å². The molecule has 102 valence electrons. The van der Waals surface area contributed by atoms with Crippen molar-refractivity contribution in [1.82, 2.24) is 10.3 Å². The summed E-state index contributed by atoms with van der Waals surface area (Å²) in [6.45, 7) is 1.95. The van der Waals surface area contributed by atoms with E-state index in [4.69, 9.17) is 4.74 Å². The van der Waals surface area contributed by atoms with Gasteiger partial charge in [0.05, 0.1) is 18.0 Å². The van der Waals surface area contributed by atoms with Crippen molar-refractivity contribution in [2.24, 2.45) is 0 Å². The van der Waals surface area contributed by atoms with Gasteiger partial charge in [0.25, 0.3) is 11.8 Å². The molecule has 1 aliphatic heterocycles. The molecule has 19 heavy (non-hydrogen) atoms. The van der Waals surface area contributed by atoms with Crippen LogP contribution >= 0.6 is 0 Å². The summed E-state index contributed by atoms with van der Waals surface area (Å²) in [5, 5.41) is 5.21. The standard InChI is InChI=1S/C13H17N3O3/c1-8-3-6-11(19-8)13(18)16-9-4-5-10(15-7-9)12(17)14-2/h4-5,7-8,11H,3,6H2,1-2H3,(H,14,17)(H,16,18)/t8?,11-/m1/s1. The number of carbonyl (C=O) groups excluding carboxylic acids is 2. The molecule has 1 aromatic rings. The lowest BCUT2D eigenvalue weighted by Crippen LogP contribution is -2.27. The first-order valence-corrected chi connectivity index (χ1v) is 6.24. The van der Waals surface area contributed by atoms with Crippen molar-refractivity contribution < 1.29 is 14.3 Å². The zero-order valence-corrected chi connectivity index (χ0v) is 11.0. The third kappa shape index (κ3) is 3.29. The van der Waals surface area contributed by atoms with E-state index < -0.39 is 6.10 Å². The van der Waals surface area contributed by atoms with Gasteiger partial charge >= 0.3 is 0 Å². The molecule has 0 bridgehead atoms. The van der Waals surface area contributed by atoms with Crippen LogP contribution in [0.5, 0.6) is 0 Å². The van der Waals surface area contributed by atoms with E-state index in [1.165, 1.54) is 13.2 Å². The molecule has 0 aromatic carbocycles. The van der Waals surface area contributed by atoms with Gasteiger partial charge in [-0.25, -0.2) is 4.98 Å². The Morgan fingerprint density at radius 1 is 1.37 bits per heavy atom. The summed E-state index contributed by atoms with van der Waals surface area (Å²) in [4.78, 5) is 27.2. The molecule has 0 aliphatic carbocycles. The molecule has 1 aromatic heterocycles. The quantitative estimate of drug-likeness (QED) is 0.850. The van der Waals surface area contributed by atoms with E-state index >= 15 is 0 Å². The maximum atomic E-state index is 11.9. The summed E-state index contributed by atoms with van der Waals surface area (Å²) in [6, 6.07) is 3.21. The van der Waals surface area contributed by atoms with Crippen LogP contribution in [0.1, 0.15) is 30.3 Å². The zero-order chi connectivity index (χ0) is 13.8. The molecule has 6 nitrogen and oxygen atoms in total. The molecule has 2 rings (SSSR count). The summed E-state index contributed by atoms with van der Waals surface area (Å²) in [7, 11) is 1.54. The van der Waals surface area contributed by atoms with Crippen LogP contribution in [0.4, 0.5) is 5.69 Å². The number of carbonyl (C=O) groups is 2. The monoisotopic (exact) mass is 263 g/mol. The highest BCUT2D eigenvalue weighted by Crippen LogP contribution is 2.20. The summed E-state index contributed by atoms with van der Waals surface area (Å²) in [5.41, 5.74) is 0.868. The molecule has 1 saturated heterocycles. The first-order chi connectivity index (χ1) is 9.10. The Kier molecular flexibility index (Phi) is 4.11. The highest BCUT2D eigenvalue weighted by Gasteiger charge is 2.28. The largest absolute Gasteiger partial charge is 0.365 e. The van der Waals surface area contributed by atoms with E-state index in [-0.39, 0.29) is 17.9 Å². The second kappa shape index (κ2) is 5.79. The van der Waals surface area contributed by atoms with Gasteiger partial charge < -0.3 is 15.4 Å². The molecule has 2 N–H and O–H groups in total. The van der Waals surface area contributed by atoms with Crippen molar-refractivity contribution in [3.8, 4) is 0 Å². The number of hydrogen-bond donors (Lipinski definition) is 2. The summed E-state index contributed by atoms with van der Waals surface area (Å²) < 4.78 is 5.48. The van der Waals surface area contributed by atoms with E-state index in [2.05, 4.69) is 15.6 Å². The van der Waals surface area contributed by atoms with Crippen LogP contribution in [0.15, 0.2) is 18.3 Å². The minimum atomic E-state index is -0.395. The van der Waals surface area contributed by atoms with Crippen LogP contribution in [0, 0.1) is 0 Å². The fraction of sp³-hybridized carbons (Fsp3) is 0.462.